The van der Waals surface area contributed by atoms with E-state index in [0.717, 1.165) is 24.5 Å². The molecule has 17 heavy (non-hydrogen) atoms. The number of benzene rings is 1. The van der Waals surface area contributed by atoms with Crippen LogP contribution in [0.25, 0.3) is 0 Å². The zero-order valence-electron chi connectivity index (χ0n) is 10.6. The first-order valence-electron chi connectivity index (χ1n) is 6.33. The number of piperidine rings is 1. The van der Waals surface area contributed by atoms with Gasteiger partial charge in [0.15, 0.2) is 0 Å². The standard InChI is InChI=1S/C14H21ClN2/c1-10-9-17(7-6-14(10)16)11(2)12-4-3-5-13(15)8-12/h3-5,8,10-11,14H,6-7,9,16H2,1-2H3. The Morgan fingerprint density at radius 3 is 2.88 bits per heavy atom. The highest BCUT2D eigenvalue weighted by atomic mass is 35.5. The first-order valence-corrected chi connectivity index (χ1v) is 6.71. The van der Waals surface area contributed by atoms with Crippen LogP contribution in [0.15, 0.2) is 24.3 Å². The molecule has 3 atom stereocenters. The predicted octanol–water partition coefficient (Wildman–Crippen LogP) is 3.07. The van der Waals surface area contributed by atoms with Crippen LogP contribution in [-0.4, -0.2) is 24.0 Å². The molecule has 0 aliphatic carbocycles. The third-order valence-electron chi connectivity index (χ3n) is 3.88. The topological polar surface area (TPSA) is 29.3 Å². The van der Waals surface area contributed by atoms with Crippen LogP contribution in [0.5, 0.6) is 0 Å². The molecule has 1 aromatic rings. The Bertz CT molecular complexity index is 380. The summed E-state index contributed by atoms with van der Waals surface area (Å²) in [6, 6.07) is 8.93. The molecule has 0 bridgehead atoms. The van der Waals surface area contributed by atoms with Crippen molar-refractivity contribution in [3.8, 4) is 0 Å². The molecule has 3 unspecified atom stereocenters. The van der Waals surface area contributed by atoms with Crippen molar-refractivity contribution in [3.05, 3.63) is 34.9 Å². The Morgan fingerprint density at radius 1 is 1.47 bits per heavy atom. The third kappa shape index (κ3) is 3.01. The SMILES string of the molecule is CC1CN(C(C)c2cccc(Cl)c2)CCC1N. The van der Waals surface area contributed by atoms with Gasteiger partial charge in [0.1, 0.15) is 0 Å². The molecule has 1 fully saturated rings. The van der Waals surface area contributed by atoms with E-state index in [0.29, 0.717) is 18.0 Å². The van der Waals surface area contributed by atoms with Crippen molar-refractivity contribution in [1.82, 2.24) is 4.90 Å². The normalized spacial score (nSPS) is 28.0. The van der Waals surface area contributed by atoms with E-state index in [2.05, 4.69) is 30.9 Å². The first kappa shape index (κ1) is 12.9. The molecule has 94 valence electrons. The predicted molar refractivity (Wildman–Crippen MR) is 73.2 cm³/mol. The molecule has 2 nitrogen and oxygen atoms in total. The molecule has 1 aromatic carbocycles. The van der Waals surface area contributed by atoms with Crippen LogP contribution in [0.2, 0.25) is 5.02 Å². The van der Waals surface area contributed by atoms with E-state index in [-0.39, 0.29) is 0 Å². The van der Waals surface area contributed by atoms with Crippen molar-refractivity contribution in [3.63, 3.8) is 0 Å². The van der Waals surface area contributed by atoms with E-state index in [4.69, 9.17) is 17.3 Å². The molecule has 0 amide bonds. The van der Waals surface area contributed by atoms with Crippen LogP contribution < -0.4 is 5.73 Å². The molecule has 0 radical (unpaired) electrons. The number of hydrogen-bond acceptors (Lipinski definition) is 2. The Hall–Kier alpha value is -0.570. The molecule has 1 heterocycles. The molecule has 3 heteroatoms. The van der Waals surface area contributed by atoms with Crippen molar-refractivity contribution in [2.24, 2.45) is 11.7 Å². The van der Waals surface area contributed by atoms with Gasteiger partial charge in [-0.3, -0.25) is 4.90 Å². The summed E-state index contributed by atoms with van der Waals surface area (Å²) in [5, 5.41) is 0.816. The van der Waals surface area contributed by atoms with Gasteiger partial charge in [-0.2, -0.15) is 0 Å². The summed E-state index contributed by atoms with van der Waals surface area (Å²) in [7, 11) is 0. The first-order chi connectivity index (χ1) is 8.08. The van der Waals surface area contributed by atoms with Crippen molar-refractivity contribution >= 4 is 11.6 Å². The van der Waals surface area contributed by atoms with Crippen LogP contribution in [0.3, 0.4) is 0 Å². The van der Waals surface area contributed by atoms with Gasteiger partial charge in [-0.1, -0.05) is 30.7 Å². The van der Waals surface area contributed by atoms with E-state index in [9.17, 15) is 0 Å². The fraction of sp³-hybridized carbons (Fsp3) is 0.571. The lowest BCUT2D eigenvalue weighted by molar-refractivity contribution is 0.124. The van der Waals surface area contributed by atoms with Gasteiger partial charge in [0.25, 0.3) is 0 Å². The van der Waals surface area contributed by atoms with Crippen molar-refractivity contribution in [2.75, 3.05) is 13.1 Å². The highest BCUT2D eigenvalue weighted by Gasteiger charge is 2.26. The molecule has 0 saturated carbocycles. The van der Waals surface area contributed by atoms with Gasteiger partial charge in [-0.15, -0.1) is 0 Å². The quantitative estimate of drug-likeness (QED) is 0.877. The van der Waals surface area contributed by atoms with Crippen molar-refractivity contribution < 1.29 is 0 Å². The van der Waals surface area contributed by atoms with Crippen molar-refractivity contribution in [1.29, 1.82) is 0 Å². The maximum atomic E-state index is 6.06. The van der Waals surface area contributed by atoms with Crippen LogP contribution in [0.1, 0.15) is 31.9 Å². The van der Waals surface area contributed by atoms with Gasteiger partial charge in [0.05, 0.1) is 0 Å². The Kier molecular flexibility index (Phi) is 4.08. The monoisotopic (exact) mass is 252 g/mol. The molecule has 2 rings (SSSR count). The van der Waals surface area contributed by atoms with Gasteiger partial charge in [-0.05, 0) is 37.0 Å². The largest absolute Gasteiger partial charge is 0.327 e. The van der Waals surface area contributed by atoms with E-state index >= 15 is 0 Å². The molecule has 1 saturated heterocycles. The summed E-state index contributed by atoms with van der Waals surface area (Å²) in [6.07, 6.45) is 1.09. The van der Waals surface area contributed by atoms with Gasteiger partial charge >= 0.3 is 0 Å². The minimum absolute atomic E-state index is 0.359. The summed E-state index contributed by atoms with van der Waals surface area (Å²) in [5.74, 6) is 0.574. The second-order valence-corrected chi connectivity index (χ2v) is 5.59. The summed E-state index contributed by atoms with van der Waals surface area (Å²) < 4.78 is 0. The summed E-state index contributed by atoms with van der Waals surface area (Å²) in [4.78, 5) is 2.50. The molecule has 1 aliphatic rings. The average molecular weight is 253 g/mol. The zero-order chi connectivity index (χ0) is 12.4. The summed E-state index contributed by atoms with van der Waals surface area (Å²) in [6.45, 7) is 6.64. The fourth-order valence-electron chi connectivity index (χ4n) is 2.53. The Morgan fingerprint density at radius 2 is 2.24 bits per heavy atom. The second kappa shape index (κ2) is 5.38. The number of hydrogen-bond donors (Lipinski definition) is 1. The Labute approximate surface area is 109 Å². The lowest BCUT2D eigenvalue weighted by atomic mass is 9.92. The molecule has 1 aliphatic heterocycles. The molecular formula is C14H21ClN2. The fourth-order valence-corrected chi connectivity index (χ4v) is 2.72. The Balaban J connectivity index is 2.07. The third-order valence-corrected chi connectivity index (χ3v) is 4.12. The van der Waals surface area contributed by atoms with E-state index in [1.165, 1.54) is 5.56 Å². The second-order valence-electron chi connectivity index (χ2n) is 5.16. The van der Waals surface area contributed by atoms with Crippen molar-refractivity contribution in [2.45, 2.75) is 32.4 Å². The van der Waals surface area contributed by atoms with Crippen LogP contribution >= 0.6 is 11.6 Å². The number of nitrogens with two attached hydrogens (primary N) is 1. The molecule has 2 N–H and O–H groups in total. The number of likely N-dealkylation sites (tertiary alicyclic amines) is 1. The summed E-state index contributed by atoms with van der Waals surface area (Å²) in [5.41, 5.74) is 7.35. The summed E-state index contributed by atoms with van der Waals surface area (Å²) >= 11 is 6.04. The van der Waals surface area contributed by atoms with E-state index in [1.807, 2.05) is 12.1 Å². The maximum absolute atomic E-state index is 6.06. The number of rotatable bonds is 2. The molecule has 0 aromatic heterocycles. The van der Waals surface area contributed by atoms with Crippen LogP contribution in [0.4, 0.5) is 0 Å². The molecule has 0 spiro atoms. The van der Waals surface area contributed by atoms with Gasteiger partial charge in [0, 0.05) is 30.2 Å². The molecular weight excluding hydrogens is 232 g/mol. The average Bonchev–Trinajstić information content (AvgIpc) is 2.32. The van der Waals surface area contributed by atoms with Gasteiger partial charge in [-0.25, -0.2) is 0 Å². The minimum Gasteiger partial charge on any atom is -0.327 e. The zero-order valence-corrected chi connectivity index (χ0v) is 11.3. The van der Waals surface area contributed by atoms with E-state index in [1.54, 1.807) is 0 Å². The van der Waals surface area contributed by atoms with Crippen LogP contribution in [-0.2, 0) is 0 Å². The van der Waals surface area contributed by atoms with Gasteiger partial charge < -0.3 is 5.73 Å². The number of halogens is 1. The maximum Gasteiger partial charge on any atom is 0.0409 e. The van der Waals surface area contributed by atoms with E-state index < -0.39 is 0 Å². The highest BCUT2D eigenvalue weighted by molar-refractivity contribution is 6.30. The van der Waals surface area contributed by atoms with Crippen LogP contribution in [0, 0.1) is 5.92 Å². The highest BCUT2D eigenvalue weighted by Crippen LogP contribution is 2.27. The lowest BCUT2D eigenvalue weighted by Gasteiger charge is -2.38. The minimum atomic E-state index is 0.359. The number of nitrogens with zero attached hydrogens (tertiary/aromatic N) is 1. The lowest BCUT2D eigenvalue weighted by Crippen LogP contribution is -2.46. The van der Waals surface area contributed by atoms with Gasteiger partial charge in [0.2, 0.25) is 0 Å². The smallest absolute Gasteiger partial charge is 0.0409 e.